The molecule has 0 fully saturated rings. The first-order chi connectivity index (χ1) is 12.5. The predicted octanol–water partition coefficient (Wildman–Crippen LogP) is 2.92. The van der Waals surface area contributed by atoms with Crippen LogP contribution in [-0.2, 0) is 9.59 Å². The number of ether oxygens (including phenoxy) is 1. The van der Waals surface area contributed by atoms with E-state index in [2.05, 4.69) is 15.8 Å². The number of phenolic OH excluding ortho intramolecular Hbond substituents is 1. The van der Waals surface area contributed by atoms with Crippen LogP contribution in [0.2, 0.25) is 5.02 Å². The highest BCUT2D eigenvalue weighted by molar-refractivity contribution is 6.33. The molecular formula is C18H18ClN3O4. The van der Waals surface area contributed by atoms with Crippen molar-refractivity contribution in [2.75, 3.05) is 12.4 Å². The molecule has 2 amide bonds. The first-order valence-electron chi connectivity index (χ1n) is 7.73. The number of hydrogen-bond donors (Lipinski definition) is 3. The number of methoxy groups -OCH3 is 1. The van der Waals surface area contributed by atoms with Crippen LogP contribution in [-0.4, -0.2) is 30.2 Å². The number of para-hydroxylation sites is 1. The van der Waals surface area contributed by atoms with Gasteiger partial charge in [-0.25, -0.2) is 5.43 Å². The molecule has 0 bridgehead atoms. The molecule has 136 valence electrons. The third kappa shape index (κ3) is 5.78. The average Bonchev–Trinajstić information content (AvgIpc) is 2.62. The van der Waals surface area contributed by atoms with Crippen LogP contribution in [0, 0.1) is 0 Å². The Bertz CT molecular complexity index is 824. The summed E-state index contributed by atoms with van der Waals surface area (Å²) in [5, 5.41) is 16.5. The fourth-order valence-electron chi connectivity index (χ4n) is 2.02. The first kappa shape index (κ1) is 19.3. The zero-order chi connectivity index (χ0) is 18.9. The van der Waals surface area contributed by atoms with Crippen molar-refractivity contribution in [3.63, 3.8) is 0 Å². The van der Waals surface area contributed by atoms with Gasteiger partial charge >= 0.3 is 0 Å². The van der Waals surface area contributed by atoms with Crippen molar-refractivity contribution < 1.29 is 19.4 Å². The fourth-order valence-corrected chi connectivity index (χ4v) is 2.21. The van der Waals surface area contributed by atoms with Crippen LogP contribution in [0.25, 0.3) is 0 Å². The number of hydrazone groups is 1. The van der Waals surface area contributed by atoms with Crippen LogP contribution in [0.3, 0.4) is 0 Å². The maximum Gasteiger partial charge on any atom is 0.240 e. The molecule has 8 heteroatoms. The van der Waals surface area contributed by atoms with Crippen LogP contribution in [0.1, 0.15) is 18.4 Å². The molecule has 0 aromatic heterocycles. The zero-order valence-electron chi connectivity index (χ0n) is 14.0. The largest absolute Gasteiger partial charge is 0.504 e. The van der Waals surface area contributed by atoms with Crippen LogP contribution in [0.5, 0.6) is 11.5 Å². The number of carbonyl (C=O) groups excluding carboxylic acids is 2. The van der Waals surface area contributed by atoms with E-state index >= 15 is 0 Å². The third-order valence-electron chi connectivity index (χ3n) is 3.33. The summed E-state index contributed by atoms with van der Waals surface area (Å²) in [6, 6.07) is 11.5. The summed E-state index contributed by atoms with van der Waals surface area (Å²) in [6.07, 6.45) is 1.35. The Morgan fingerprint density at radius 2 is 1.92 bits per heavy atom. The molecule has 0 saturated carbocycles. The number of aromatic hydroxyl groups is 1. The van der Waals surface area contributed by atoms with E-state index in [-0.39, 0.29) is 24.5 Å². The lowest BCUT2D eigenvalue weighted by molar-refractivity contribution is -0.124. The zero-order valence-corrected chi connectivity index (χ0v) is 14.8. The Labute approximate surface area is 155 Å². The average molecular weight is 376 g/mol. The number of amides is 2. The van der Waals surface area contributed by atoms with Gasteiger partial charge in [-0.1, -0.05) is 23.7 Å². The molecule has 26 heavy (non-hydrogen) atoms. The van der Waals surface area contributed by atoms with E-state index in [1.165, 1.54) is 19.4 Å². The van der Waals surface area contributed by atoms with Crippen molar-refractivity contribution >= 4 is 35.3 Å². The van der Waals surface area contributed by atoms with Crippen molar-refractivity contribution in [3.8, 4) is 11.5 Å². The van der Waals surface area contributed by atoms with Crippen molar-refractivity contribution in [2.45, 2.75) is 12.8 Å². The number of phenols is 1. The van der Waals surface area contributed by atoms with E-state index in [9.17, 15) is 14.7 Å². The molecule has 0 spiro atoms. The number of nitrogens with zero attached hydrogens (tertiary/aromatic N) is 1. The van der Waals surface area contributed by atoms with Gasteiger partial charge in [-0.2, -0.15) is 5.10 Å². The van der Waals surface area contributed by atoms with Gasteiger partial charge in [0.15, 0.2) is 11.5 Å². The topological polar surface area (TPSA) is 100 Å². The molecule has 0 aliphatic carbocycles. The van der Waals surface area contributed by atoms with Crippen LogP contribution < -0.4 is 15.5 Å². The number of nitrogens with one attached hydrogen (secondary N) is 2. The first-order valence-corrected chi connectivity index (χ1v) is 8.10. The second kappa shape index (κ2) is 9.43. The summed E-state index contributed by atoms with van der Waals surface area (Å²) in [7, 11) is 1.45. The highest BCUT2D eigenvalue weighted by atomic mass is 35.5. The SMILES string of the molecule is COc1ccc(/C=N/NC(=O)CCC(=O)Nc2ccccc2Cl)cc1O. The molecule has 0 atom stereocenters. The van der Waals surface area contributed by atoms with Crippen molar-refractivity contribution in [2.24, 2.45) is 5.10 Å². The van der Waals surface area contributed by atoms with Gasteiger partial charge in [0, 0.05) is 12.8 Å². The third-order valence-corrected chi connectivity index (χ3v) is 3.66. The van der Waals surface area contributed by atoms with Gasteiger partial charge in [0.2, 0.25) is 11.8 Å². The molecule has 3 N–H and O–H groups in total. The summed E-state index contributed by atoms with van der Waals surface area (Å²) in [6.45, 7) is 0. The fraction of sp³-hybridized carbons (Fsp3) is 0.167. The molecule has 0 heterocycles. The summed E-state index contributed by atoms with van der Waals surface area (Å²) in [5.41, 5.74) is 3.40. The Hall–Kier alpha value is -3.06. The van der Waals surface area contributed by atoms with E-state index in [1.807, 2.05) is 0 Å². The van der Waals surface area contributed by atoms with Crippen molar-refractivity contribution in [1.82, 2.24) is 5.43 Å². The highest BCUT2D eigenvalue weighted by Crippen LogP contribution is 2.25. The number of benzene rings is 2. The minimum Gasteiger partial charge on any atom is -0.504 e. The Kier molecular flexibility index (Phi) is 6.99. The molecule has 0 aliphatic heterocycles. The summed E-state index contributed by atoms with van der Waals surface area (Å²) in [4.78, 5) is 23.6. The molecule has 0 aliphatic rings. The Morgan fingerprint density at radius 1 is 1.19 bits per heavy atom. The summed E-state index contributed by atoms with van der Waals surface area (Å²) in [5.74, 6) is -0.416. The smallest absolute Gasteiger partial charge is 0.240 e. The quantitative estimate of drug-likeness (QED) is 0.511. The molecule has 0 radical (unpaired) electrons. The number of hydrogen-bond acceptors (Lipinski definition) is 5. The van der Waals surface area contributed by atoms with E-state index < -0.39 is 5.91 Å². The lowest BCUT2D eigenvalue weighted by Crippen LogP contribution is -2.20. The van der Waals surface area contributed by atoms with Gasteiger partial charge in [0.05, 0.1) is 24.0 Å². The van der Waals surface area contributed by atoms with Gasteiger partial charge in [-0.3, -0.25) is 9.59 Å². The lowest BCUT2D eigenvalue weighted by Gasteiger charge is -2.06. The normalized spacial score (nSPS) is 10.5. The monoisotopic (exact) mass is 375 g/mol. The van der Waals surface area contributed by atoms with Crippen LogP contribution >= 0.6 is 11.6 Å². The minimum absolute atomic E-state index is 0.00407. The van der Waals surface area contributed by atoms with E-state index in [0.717, 1.165) is 0 Å². The molecule has 2 aromatic carbocycles. The van der Waals surface area contributed by atoms with Crippen LogP contribution in [0.15, 0.2) is 47.6 Å². The molecular weight excluding hydrogens is 358 g/mol. The van der Waals surface area contributed by atoms with Crippen LogP contribution in [0.4, 0.5) is 5.69 Å². The van der Waals surface area contributed by atoms with Gasteiger partial charge in [-0.05, 0) is 35.9 Å². The Morgan fingerprint density at radius 3 is 2.62 bits per heavy atom. The van der Waals surface area contributed by atoms with Gasteiger partial charge in [-0.15, -0.1) is 0 Å². The number of anilines is 1. The molecule has 2 rings (SSSR count). The molecule has 7 nitrogen and oxygen atoms in total. The highest BCUT2D eigenvalue weighted by Gasteiger charge is 2.08. The second-order valence-corrected chi connectivity index (χ2v) is 5.66. The maximum atomic E-state index is 11.8. The Balaban J connectivity index is 1.77. The minimum atomic E-state index is -0.409. The molecule has 0 saturated heterocycles. The number of carbonyl (C=O) groups is 2. The number of halogens is 1. The summed E-state index contributed by atoms with van der Waals surface area (Å²) < 4.78 is 4.94. The van der Waals surface area contributed by atoms with Gasteiger partial charge in [0.25, 0.3) is 0 Å². The molecule has 0 unspecified atom stereocenters. The lowest BCUT2D eigenvalue weighted by atomic mass is 10.2. The van der Waals surface area contributed by atoms with E-state index in [0.29, 0.717) is 22.0 Å². The summed E-state index contributed by atoms with van der Waals surface area (Å²) >= 11 is 5.95. The van der Waals surface area contributed by atoms with Crippen molar-refractivity contribution in [1.29, 1.82) is 0 Å². The van der Waals surface area contributed by atoms with E-state index in [1.54, 1.807) is 36.4 Å². The van der Waals surface area contributed by atoms with Crippen molar-refractivity contribution in [3.05, 3.63) is 53.1 Å². The maximum absolute atomic E-state index is 11.8. The van der Waals surface area contributed by atoms with Gasteiger partial charge < -0.3 is 15.2 Å². The van der Waals surface area contributed by atoms with Gasteiger partial charge in [0.1, 0.15) is 0 Å². The molecule has 2 aromatic rings. The van der Waals surface area contributed by atoms with E-state index in [4.69, 9.17) is 16.3 Å². The number of rotatable bonds is 7. The standard InChI is InChI=1S/C18H18ClN3O4/c1-26-16-7-6-12(10-15(16)23)11-20-22-18(25)9-8-17(24)21-14-5-3-2-4-13(14)19/h2-7,10-11,23H,8-9H2,1H3,(H,21,24)(H,22,25)/b20-11+. The second-order valence-electron chi connectivity index (χ2n) is 5.25. The predicted molar refractivity (Wildman–Crippen MR) is 99.7 cm³/mol.